The molecule has 0 aliphatic rings. The Morgan fingerprint density at radius 3 is 1.36 bits per heavy atom. The molecule has 6 nitrogen and oxygen atoms in total. The van der Waals surface area contributed by atoms with Gasteiger partial charge in [-0.1, -0.05) is 72.8 Å². The largest absolute Gasteiger partial charge is 0.335 e. The van der Waals surface area contributed by atoms with Crippen molar-refractivity contribution in [3.05, 3.63) is 83.9 Å². The lowest BCUT2D eigenvalue weighted by Gasteiger charge is -2.22. The van der Waals surface area contributed by atoms with E-state index in [0.717, 1.165) is 33.4 Å². The third-order valence-corrected chi connectivity index (χ3v) is 9.63. The molecule has 8 heteroatoms. The van der Waals surface area contributed by atoms with E-state index in [4.69, 9.17) is 18.1 Å². The molecule has 0 saturated carbocycles. The second-order valence-corrected chi connectivity index (χ2v) is 12.2. The molecule has 0 N–H and O–H groups in total. The maximum atomic E-state index is 13.4. The fraction of sp³-hybridized carbons (Fsp3) is 0.357. The quantitative estimate of drug-likeness (QED) is 0.195. The van der Waals surface area contributed by atoms with Crippen LogP contribution >= 0.6 is 15.2 Å². The minimum Gasteiger partial charge on any atom is -0.309 e. The summed E-state index contributed by atoms with van der Waals surface area (Å²) < 4.78 is 48.9. The molecule has 0 heterocycles. The molecule has 3 aromatic rings. The van der Waals surface area contributed by atoms with Gasteiger partial charge in [0.2, 0.25) is 0 Å². The lowest BCUT2D eigenvalue weighted by molar-refractivity contribution is 0.217. The summed E-state index contributed by atoms with van der Waals surface area (Å²) in [7, 11) is -6.76. The number of rotatable bonds is 14. The Kier molecular flexibility index (Phi) is 10.7. The van der Waals surface area contributed by atoms with Crippen LogP contribution in [0.4, 0.5) is 0 Å². The van der Waals surface area contributed by atoms with Gasteiger partial charge in [-0.15, -0.1) is 0 Å². The van der Waals surface area contributed by atoms with E-state index in [1.807, 2.05) is 36.4 Å². The molecule has 0 spiro atoms. The molecule has 0 aromatic heterocycles. The van der Waals surface area contributed by atoms with E-state index < -0.39 is 15.2 Å². The maximum absolute atomic E-state index is 13.4. The molecule has 0 bridgehead atoms. The van der Waals surface area contributed by atoms with E-state index in [1.165, 1.54) is 0 Å². The Morgan fingerprint density at radius 1 is 0.500 bits per heavy atom. The highest BCUT2D eigenvalue weighted by Gasteiger charge is 2.30. The van der Waals surface area contributed by atoms with E-state index in [0.29, 0.717) is 0 Å². The highest BCUT2D eigenvalue weighted by molar-refractivity contribution is 7.53. The van der Waals surface area contributed by atoms with Gasteiger partial charge >= 0.3 is 15.2 Å². The summed E-state index contributed by atoms with van der Waals surface area (Å²) >= 11 is 0. The monoisotopic (exact) mass is 530 g/mol. The SMILES string of the molecule is CCOP(=O)(Cc1ccc(-c2ccc(-c3ccccc3)cc2)cc1CP(=O)(OCC)OCC)OCC. The molecule has 0 radical (unpaired) electrons. The van der Waals surface area contributed by atoms with Crippen LogP contribution in [0.1, 0.15) is 38.8 Å². The predicted octanol–water partition coefficient (Wildman–Crippen LogP) is 8.55. The highest BCUT2D eigenvalue weighted by Crippen LogP contribution is 2.55. The van der Waals surface area contributed by atoms with Crippen LogP contribution in [0.3, 0.4) is 0 Å². The smallest absolute Gasteiger partial charge is 0.309 e. The van der Waals surface area contributed by atoms with Crippen molar-refractivity contribution in [3.8, 4) is 22.3 Å². The van der Waals surface area contributed by atoms with Gasteiger partial charge in [0.05, 0.1) is 38.8 Å². The molecule has 0 fully saturated rings. The van der Waals surface area contributed by atoms with E-state index in [-0.39, 0.29) is 38.8 Å². The zero-order chi connectivity index (χ0) is 26.0. The van der Waals surface area contributed by atoms with Gasteiger partial charge in [0, 0.05) is 0 Å². The third kappa shape index (κ3) is 7.73. The zero-order valence-electron chi connectivity index (χ0n) is 21.5. The van der Waals surface area contributed by atoms with Gasteiger partial charge in [0.15, 0.2) is 0 Å². The number of hydrogen-bond acceptors (Lipinski definition) is 6. The lowest BCUT2D eigenvalue weighted by Crippen LogP contribution is -2.05. The molecule has 0 atom stereocenters. The summed E-state index contributed by atoms with van der Waals surface area (Å²) in [6.07, 6.45) is 0.147. The topological polar surface area (TPSA) is 71.1 Å². The Labute approximate surface area is 215 Å². The van der Waals surface area contributed by atoms with E-state index in [9.17, 15) is 9.13 Å². The number of benzene rings is 3. The first-order valence-corrected chi connectivity index (χ1v) is 15.8. The van der Waals surface area contributed by atoms with Gasteiger partial charge in [-0.2, -0.15) is 0 Å². The van der Waals surface area contributed by atoms with Gasteiger partial charge < -0.3 is 18.1 Å². The number of hydrogen-bond donors (Lipinski definition) is 0. The summed E-state index contributed by atoms with van der Waals surface area (Å²) in [6, 6.07) is 24.4. The van der Waals surface area contributed by atoms with Gasteiger partial charge in [0.25, 0.3) is 0 Å². The van der Waals surface area contributed by atoms with Crippen molar-refractivity contribution in [2.75, 3.05) is 26.4 Å². The molecule has 194 valence electrons. The van der Waals surface area contributed by atoms with Crippen molar-refractivity contribution in [1.29, 1.82) is 0 Å². The summed E-state index contributed by atoms with van der Waals surface area (Å²) in [5, 5.41) is 0. The average Bonchev–Trinajstić information content (AvgIpc) is 2.86. The third-order valence-electron chi connectivity index (χ3n) is 5.56. The molecule has 36 heavy (non-hydrogen) atoms. The molecule has 3 aromatic carbocycles. The van der Waals surface area contributed by atoms with Gasteiger partial charge in [0.1, 0.15) is 0 Å². The van der Waals surface area contributed by atoms with Crippen molar-refractivity contribution in [2.45, 2.75) is 40.0 Å². The standard InChI is InChI=1S/C28H36O6P2/c1-5-31-35(29,32-6-2)21-27-19-18-26(20-28(27)22-36(30,33-7-3)34-8-4)25-16-14-24(15-17-25)23-12-10-9-11-13-23/h9-20H,5-8,21-22H2,1-4H3. The predicted molar refractivity (Wildman–Crippen MR) is 146 cm³/mol. The molecule has 0 aliphatic carbocycles. The molecule has 3 rings (SSSR count). The zero-order valence-corrected chi connectivity index (χ0v) is 23.3. The van der Waals surface area contributed by atoms with Crippen molar-refractivity contribution in [1.82, 2.24) is 0 Å². The Bertz CT molecular complexity index is 1170. The van der Waals surface area contributed by atoms with Crippen molar-refractivity contribution < 1.29 is 27.2 Å². The van der Waals surface area contributed by atoms with Crippen LogP contribution in [-0.2, 0) is 39.5 Å². The fourth-order valence-corrected chi connectivity index (χ4v) is 7.58. The van der Waals surface area contributed by atoms with Crippen LogP contribution in [0.25, 0.3) is 22.3 Å². The van der Waals surface area contributed by atoms with Crippen LogP contribution in [0, 0.1) is 0 Å². The van der Waals surface area contributed by atoms with Crippen LogP contribution < -0.4 is 0 Å². The van der Waals surface area contributed by atoms with E-state index in [1.54, 1.807) is 27.7 Å². The fourth-order valence-electron chi connectivity index (χ4n) is 4.05. The molecule has 0 aliphatic heterocycles. The van der Waals surface area contributed by atoms with E-state index in [2.05, 4.69) is 36.4 Å². The minimum atomic E-state index is -3.40. The summed E-state index contributed by atoms with van der Waals surface area (Å²) in [6.45, 7) is 8.22. The first-order chi connectivity index (χ1) is 17.3. The van der Waals surface area contributed by atoms with Gasteiger partial charge in [-0.25, -0.2) is 0 Å². The highest BCUT2D eigenvalue weighted by atomic mass is 31.2. The van der Waals surface area contributed by atoms with E-state index >= 15 is 0 Å². The molecule has 0 unspecified atom stereocenters. The summed E-state index contributed by atoms with van der Waals surface area (Å²) in [4.78, 5) is 0. The summed E-state index contributed by atoms with van der Waals surface area (Å²) in [5.74, 6) is 0. The Morgan fingerprint density at radius 2 is 0.889 bits per heavy atom. The Balaban J connectivity index is 2.01. The van der Waals surface area contributed by atoms with Crippen molar-refractivity contribution in [3.63, 3.8) is 0 Å². The van der Waals surface area contributed by atoms with Crippen LogP contribution in [0.2, 0.25) is 0 Å². The average molecular weight is 531 g/mol. The minimum absolute atomic E-state index is 0.0677. The maximum Gasteiger partial charge on any atom is 0.335 e. The van der Waals surface area contributed by atoms with Gasteiger partial charge in [-0.05, 0) is 61.1 Å². The first kappa shape index (κ1) is 28.5. The Hall–Kier alpha value is -2.04. The molecular formula is C28H36O6P2. The molecular weight excluding hydrogens is 494 g/mol. The van der Waals surface area contributed by atoms with Crippen LogP contribution in [0.5, 0.6) is 0 Å². The normalized spacial score (nSPS) is 12.1. The lowest BCUT2D eigenvalue weighted by atomic mass is 9.98. The molecule has 0 amide bonds. The second-order valence-electron chi connectivity index (χ2n) is 8.14. The van der Waals surface area contributed by atoms with Gasteiger partial charge in [-0.3, -0.25) is 9.13 Å². The second kappa shape index (κ2) is 13.5. The first-order valence-electron chi connectivity index (χ1n) is 12.4. The van der Waals surface area contributed by atoms with Crippen LogP contribution in [-0.4, -0.2) is 26.4 Å². The molecule has 0 saturated heterocycles. The van der Waals surface area contributed by atoms with Crippen LogP contribution in [0.15, 0.2) is 72.8 Å². The summed E-state index contributed by atoms with van der Waals surface area (Å²) in [5.41, 5.74) is 5.73. The van der Waals surface area contributed by atoms with Crippen molar-refractivity contribution >= 4 is 15.2 Å². The van der Waals surface area contributed by atoms with Crippen molar-refractivity contribution in [2.24, 2.45) is 0 Å².